The van der Waals surface area contributed by atoms with Crippen molar-refractivity contribution in [3.8, 4) is 5.75 Å². The Balaban J connectivity index is 1.73. The molecule has 0 aliphatic rings. The van der Waals surface area contributed by atoms with Gasteiger partial charge in [-0.2, -0.15) is 0 Å². The van der Waals surface area contributed by atoms with Crippen LogP contribution in [-0.2, 0) is 6.42 Å². The SMILES string of the molecule is CN=C(NCCc1sc(C)nc1C)NCC(C)Oc1cccc(F)c1. The van der Waals surface area contributed by atoms with Gasteiger partial charge in [0.05, 0.1) is 17.2 Å². The normalized spacial score (nSPS) is 12.8. The summed E-state index contributed by atoms with van der Waals surface area (Å²) in [7, 11) is 1.73. The number of thiazole rings is 1. The van der Waals surface area contributed by atoms with Crippen molar-refractivity contribution in [1.29, 1.82) is 0 Å². The van der Waals surface area contributed by atoms with Crippen molar-refractivity contribution in [2.24, 2.45) is 4.99 Å². The second-order valence-corrected chi connectivity index (χ2v) is 7.04. The van der Waals surface area contributed by atoms with Gasteiger partial charge < -0.3 is 15.4 Å². The molecular formula is C18H25FN4OS. The number of halogens is 1. The fourth-order valence-corrected chi connectivity index (χ4v) is 3.31. The van der Waals surface area contributed by atoms with Crippen molar-refractivity contribution in [3.05, 3.63) is 45.7 Å². The summed E-state index contributed by atoms with van der Waals surface area (Å²) in [4.78, 5) is 9.94. The summed E-state index contributed by atoms with van der Waals surface area (Å²) in [5.41, 5.74) is 1.10. The Labute approximate surface area is 152 Å². The van der Waals surface area contributed by atoms with Crippen LogP contribution in [0.3, 0.4) is 0 Å². The van der Waals surface area contributed by atoms with E-state index in [9.17, 15) is 4.39 Å². The van der Waals surface area contributed by atoms with Crippen molar-refractivity contribution in [1.82, 2.24) is 15.6 Å². The van der Waals surface area contributed by atoms with Crippen LogP contribution in [0.25, 0.3) is 0 Å². The summed E-state index contributed by atoms with van der Waals surface area (Å²) in [6, 6.07) is 6.15. The molecule has 25 heavy (non-hydrogen) atoms. The maximum atomic E-state index is 13.2. The number of guanidine groups is 1. The van der Waals surface area contributed by atoms with Crippen molar-refractivity contribution >= 4 is 17.3 Å². The Morgan fingerprint density at radius 1 is 1.36 bits per heavy atom. The predicted molar refractivity (Wildman–Crippen MR) is 101 cm³/mol. The van der Waals surface area contributed by atoms with E-state index < -0.39 is 0 Å². The highest BCUT2D eigenvalue weighted by molar-refractivity contribution is 7.11. The maximum absolute atomic E-state index is 13.2. The molecule has 0 saturated heterocycles. The Morgan fingerprint density at radius 2 is 2.16 bits per heavy atom. The third-order valence-corrected chi connectivity index (χ3v) is 4.69. The van der Waals surface area contributed by atoms with Gasteiger partial charge in [0.15, 0.2) is 5.96 Å². The molecule has 1 atom stereocenters. The fraction of sp³-hybridized carbons (Fsp3) is 0.444. The van der Waals surface area contributed by atoms with E-state index in [4.69, 9.17) is 4.74 Å². The largest absolute Gasteiger partial charge is 0.489 e. The molecule has 0 bridgehead atoms. The molecular weight excluding hydrogens is 339 g/mol. The molecule has 2 aromatic rings. The Morgan fingerprint density at radius 3 is 2.80 bits per heavy atom. The van der Waals surface area contributed by atoms with Crippen LogP contribution in [0.2, 0.25) is 0 Å². The zero-order valence-corrected chi connectivity index (χ0v) is 15.9. The van der Waals surface area contributed by atoms with Gasteiger partial charge in [-0.3, -0.25) is 4.99 Å². The van der Waals surface area contributed by atoms with Crippen molar-refractivity contribution in [2.75, 3.05) is 20.1 Å². The lowest BCUT2D eigenvalue weighted by molar-refractivity contribution is 0.223. The molecule has 5 nitrogen and oxygen atoms in total. The van der Waals surface area contributed by atoms with E-state index in [-0.39, 0.29) is 11.9 Å². The van der Waals surface area contributed by atoms with E-state index in [1.807, 2.05) is 20.8 Å². The van der Waals surface area contributed by atoms with E-state index in [0.717, 1.165) is 23.7 Å². The summed E-state index contributed by atoms with van der Waals surface area (Å²) >= 11 is 1.73. The highest BCUT2D eigenvalue weighted by Gasteiger charge is 2.08. The van der Waals surface area contributed by atoms with E-state index >= 15 is 0 Å². The van der Waals surface area contributed by atoms with Crippen LogP contribution < -0.4 is 15.4 Å². The van der Waals surface area contributed by atoms with Crippen molar-refractivity contribution in [3.63, 3.8) is 0 Å². The molecule has 0 amide bonds. The average Bonchev–Trinajstić information content (AvgIpc) is 2.88. The van der Waals surface area contributed by atoms with Gasteiger partial charge in [0, 0.05) is 31.0 Å². The highest BCUT2D eigenvalue weighted by atomic mass is 32.1. The first-order valence-corrected chi connectivity index (χ1v) is 9.09. The number of benzene rings is 1. The first-order chi connectivity index (χ1) is 12.0. The standard InChI is InChI=1S/C18H25FN4OS/c1-12(24-16-7-5-6-15(19)10-16)11-22-18(20-4)21-9-8-17-13(2)23-14(3)25-17/h5-7,10,12H,8-9,11H2,1-4H3,(H2,20,21,22). The molecule has 0 saturated carbocycles. The van der Waals surface area contributed by atoms with Gasteiger partial charge in [-0.1, -0.05) is 6.07 Å². The molecule has 136 valence electrons. The lowest BCUT2D eigenvalue weighted by atomic mass is 10.3. The van der Waals surface area contributed by atoms with E-state index in [1.54, 1.807) is 30.5 Å². The average molecular weight is 364 g/mol. The number of rotatable bonds is 7. The van der Waals surface area contributed by atoms with Gasteiger partial charge in [0.2, 0.25) is 0 Å². The number of aryl methyl sites for hydroxylation is 2. The summed E-state index contributed by atoms with van der Waals surface area (Å²) in [6.45, 7) is 7.33. The molecule has 0 aliphatic heterocycles. The van der Waals surface area contributed by atoms with Crippen molar-refractivity contribution < 1.29 is 9.13 Å². The molecule has 1 heterocycles. The zero-order chi connectivity index (χ0) is 18.2. The molecule has 0 aliphatic carbocycles. The lowest BCUT2D eigenvalue weighted by Crippen LogP contribution is -2.42. The summed E-state index contributed by atoms with van der Waals surface area (Å²) in [5, 5.41) is 7.60. The van der Waals surface area contributed by atoms with Gasteiger partial charge in [-0.25, -0.2) is 9.37 Å². The number of aromatic nitrogens is 1. The second kappa shape index (κ2) is 9.36. The van der Waals surface area contributed by atoms with E-state index in [2.05, 4.69) is 20.6 Å². The zero-order valence-electron chi connectivity index (χ0n) is 15.1. The van der Waals surface area contributed by atoms with Gasteiger partial charge in [-0.15, -0.1) is 11.3 Å². The Hall–Kier alpha value is -2.15. The number of nitrogens with one attached hydrogen (secondary N) is 2. The van der Waals surface area contributed by atoms with Crippen LogP contribution in [0.15, 0.2) is 29.3 Å². The molecule has 7 heteroatoms. The van der Waals surface area contributed by atoms with E-state index in [0.29, 0.717) is 18.3 Å². The second-order valence-electron chi connectivity index (χ2n) is 5.76. The molecule has 0 radical (unpaired) electrons. The monoisotopic (exact) mass is 364 g/mol. The van der Waals surface area contributed by atoms with Crippen LogP contribution >= 0.6 is 11.3 Å². The lowest BCUT2D eigenvalue weighted by Gasteiger charge is -2.17. The van der Waals surface area contributed by atoms with Crippen LogP contribution in [0.4, 0.5) is 4.39 Å². The van der Waals surface area contributed by atoms with Gasteiger partial charge in [-0.05, 0) is 32.9 Å². The molecule has 2 N–H and O–H groups in total. The Bertz CT molecular complexity index is 717. The summed E-state index contributed by atoms with van der Waals surface area (Å²) in [6.07, 6.45) is 0.791. The molecule has 1 unspecified atom stereocenters. The van der Waals surface area contributed by atoms with Gasteiger partial charge in [0.1, 0.15) is 17.7 Å². The maximum Gasteiger partial charge on any atom is 0.191 e. The summed E-state index contributed by atoms with van der Waals surface area (Å²) in [5.74, 6) is 0.936. The minimum absolute atomic E-state index is 0.119. The number of hydrogen-bond donors (Lipinski definition) is 2. The minimum Gasteiger partial charge on any atom is -0.489 e. The molecule has 1 aromatic carbocycles. The van der Waals surface area contributed by atoms with Gasteiger partial charge >= 0.3 is 0 Å². The quantitative estimate of drug-likeness (QED) is 0.586. The molecule has 1 aromatic heterocycles. The predicted octanol–water partition coefficient (Wildman–Crippen LogP) is 3.07. The Kier molecular flexibility index (Phi) is 7.18. The topological polar surface area (TPSA) is 58.5 Å². The molecule has 0 fully saturated rings. The van der Waals surface area contributed by atoms with Crippen LogP contribution in [-0.4, -0.2) is 37.2 Å². The van der Waals surface area contributed by atoms with Crippen LogP contribution in [0.1, 0.15) is 22.5 Å². The minimum atomic E-state index is -0.302. The van der Waals surface area contributed by atoms with Crippen LogP contribution in [0.5, 0.6) is 5.75 Å². The fourth-order valence-electron chi connectivity index (χ4n) is 2.38. The third kappa shape index (κ3) is 6.34. The molecule has 2 rings (SSSR count). The number of ether oxygens (including phenoxy) is 1. The first kappa shape index (κ1) is 19.2. The number of hydrogen-bond acceptors (Lipinski definition) is 4. The highest BCUT2D eigenvalue weighted by Crippen LogP contribution is 2.17. The third-order valence-electron chi connectivity index (χ3n) is 3.56. The number of nitrogens with zero attached hydrogens (tertiary/aromatic N) is 2. The number of aliphatic imine (C=N–C) groups is 1. The smallest absolute Gasteiger partial charge is 0.191 e. The van der Waals surface area contributed by atoms with Crippen molar-refractivity contribution in [2.45, 2.75) is 33.3 Å². The van der Waals surface area contributed by atoms with E-state index in [1.165, 1.54) is 17.0 Å². The first-order valence-electron chi connectivity index (χ1n) is 8.27. The van der Waals surface area contributed by atoms with Crippen LogP contribution in [0, 0.1) is 19.7 Å². The summed E-state index contributed by atoms with van der Waals surface area (Å²) < 4.78 is 18.9. The molecule has 0 spiro atoms. The van der Waals surface area contributed by atoms with Gasteiger partial charge in [0.25, 0.3) is 0 Å².